The summed E-state index contributed by atoms with van der Waals surface area (Å²) in [4.78, 5) is 0. The van der Waals surface area contributed by atoms with E-state index in [4.69, 9.17) is 18.7 Å². The highest BCUT2D eigenvalue weighted by atomic mass is 16.3. The van der Waals surface area contributed by atoms with Gasteiger partial charge in [0.15, 0.2) is 0 Å². The van der Waals surface area contributed by atoms with Gasteiger partial charge in [0, 0.05) is 32.3 Å². The third-order valence-corrected chi connectivity index (χ3v) is 18.6. The number of hydrogen-bond donors (Lipinski definition) is 0. The van der Waals surface area contributed by atoms with Crippen LogP contribution in [0.4, 0.5) is 0 Å². The van der Waals surface area contributed by atoms with Crippen LogP contribution in [0.3, 0.4) is 0 Å². The zero-order valence-electron chi connectivity index (χ0n) is 62.7. The van der Waals surface area contributed by atoms with Gasteiger partial charge in [-0.15, -0.1) is 0 Å². The lowest BCUT2D eigenvalue weighted by Gasteiger charge is -2.29. The van der Waals surface area contributed by atoms with Crippen molar-refractivity contribution >= 4 is 65.8 Å². The van der Waals surface area contributed by atoms with E-state index in [1.807, 2.05) is 42.5 Å². The lowest BCUT2D eigenvalue weighted by Crippen LogP contribution is -2.17. The highest BCUT2D eigenvalue weighted by Crippen LogP contribution is 2.50. The SMILES string of the molecule is CC(C)(C)c1c(-c2ccccc2)ccc2oc3cccc(-c4ccccc4)c3c12.CC(C)(C)c1cc(-c2ccc3oc4cccc(-c5ccccc5)c4c3c2C(C)(C)C)cc(C(C)(C)C)c1.[2H]c1c([2H])c(C)c([2H])c(-c2ccc3oc4cccc(-c5ccccc5)c4c3c2C(C)(C)C)c1[2H]. The fourth-order valence-electron chi connectivity index (χ4n) is 14.2. The molecule has 0 bridgehead atoms. The molecule has 0 unspecified atom stereocenters. The third-order valence-electron chi connectivity index (χ3n) is 18.6. The molecule has 12 aromatic carbocycles. The van der Waals surface area contributed by atoms with Gasteiger partial charge in [-0.25, -0.2) is 0 Å². The lowest BCUT2D eigenvalue weighted by atomic mass is 9.75. The van der Waals surface area contributed by atoms with Crippen LogP contribution in [0, 0.1) is 6.92 Å². The van der Waals surface area contributed by atoms with Crippen molar-refractivity contribution in [3.8, 4) is 66.8 Å². The highest BCUT2D eigenvalue weighted by Gasteiger charge is 2.31. The summed E-state index contributed by atoms with van der Waals surface area (Å²) in [5.74, 6) is 0. The van der Waals surface area contributed by atoms with Gasteiger partial charge in [-0.3, -0.25) is 0 Å². The molecular weight excluding hydrogens is 1170 g/mol. The van der Waals surface area contributed by atoms with Gasteiger partial charge in [-0.2, -0.15) is 0 Å². The zero-order valence-corrected chi connectivity index (χ0v) is 58.7. The van der Waals surface area contributed by atoms with Crippen LogP contribution in [0.2, 0.25) is 0 Å². The van der Waals surface area contributed by atoms with Crippen LogP contribution in [0.5, 0.6) is 0 Å². The first-order chi connectivity index (χ1) is 47.4. The minimum absolute atomic E-state index is 0.0364. The molecule has 0 fully saturated rings. The van der Waals surface area contributed by atoms with E-state index >= 15 is 0 Å². The molecule has 0 aliphatic carbocycles. The van der Waals surface area contributed by atoms with Crippen molar-refractivity contribution in [1.29, 1.82) is 0 Å². The van der Waals surface area contributed by atoms with Crippen molar-refractivity contribution in [3.63, 3.8) is 0 Å². The molecule has 0 amide bonds. The van der Waals surface area contributed by atoms with E-state index in [1.165, 1.54) is 88.3 Å². The number of benzene rings is 12. The number of rotatable bonds is 6. The topological polar surface area (TPSA) is 39.4 Å². The maximum Gasteiger partial charge on any atom is 0.136 e. The van der Waals surface area contributed by atoms with Gasteiger partial charge in [0.1, 0.15) is 33.5 Å². The summed E-state index contributed by atoms with van der Waals surface area (Å²) in [7, 11) is 0. The monoisotopic (exact) mass is 1260 g/mol. The standard InChI is InChI=1S/C36H40O.C29H26O.C28H24O/c1-34(2,3)25-20-24(21-26(22-25)35(4,5)6)28-18-19-30-32(33(28)36(7,8)9)31-27(16-13-17-29(31)37-30)23-14-11-10-12-15-23;1-19-10-8-13-21(18-19)23-16-17-25-27(28(23)29(2,3)4)26-22(14-9-15-24(26)30-25)20-11-6-5-7-12-20;1-28(2,3)27-22(20-13-8-5-9-14-20)17-18-24-26(27)25-21(15-10-16-23(25)29-24)19-11-6-4-7-12-19/h10-22H,1-9H3;5-18H,1-4H3;4-18H,1-3H3/i;8D,10D,13D,18D;. The first kappa shape index (κ1) is 59.8. The predicted octanol–water partition coefficient (Wildman–Crippen LogP) is 27.6. The van der Waals surface area contributed by atoms with Crippen LogP contribution >= 0.6 is 0 Å². The second-order valence-corrected chi connectivity index (χ2v) is 30.9. The summed E-state index contributed by atoms with van der Waals surface area (Å²) in [6.07, 6.45) is 0. The van der Waals surface area contributed by atoms with Crippen LogP contribution < -0.4 is 0 Å². The summed E-state index contributed by atoms with van der Waals surface area (Å²) >= 11 is 0. The number of hydrogen-bond acceptors (Lipinski definition) is 3. The van der Waals surface area contributed by atoms with E-state index in [-0.39, 0.29) is 51.2 Å². The Morgan fingerprint density at radius 1 is 0.250 bits per heavy atom. The molecule has 480 valence electrons. The normalized spacial score (nSPS) is 13.0. The van der Waals surface area contributed by atoms with Gasteiger partial charge < -0.3 is 13.3 Å². The Morgan fingerprint density at radius 2 is 0.542 bits per heavy atom. The van der Waals surface area contributed by atoms with Crippen LogP contribution in [0.25, 0.3) is 133 Å². The smallest absolute Gasteiger partial charge is 0.136 e. The van der Waals surface area contributed by atoms with Gasteiger partial charge in [0.25, 0.3) is 0 Å². The zero-order chi connectivity index (χ0) is 71.1. The molecule has 0 spiro atoms. The molecule has 0 saturated carbocycles. The summed E-state index contributed by atoms with van der Waals surface area (Å²) in [5, 5.41) is 6.85. The largest absolute Gasteiger partial charge is 0.456 e. The summed E-state index contributed by atoms with van der Waals surface area (Å²) in [5.41, 5.74) is 25.1. The van der Waals surface area contributed by atoms with Gasteiger partial charge in [0.05, 0.1) is 5.48 Å². The minimum atomic E-state index is -0.343. The molecule has 0 radical (unpaired) electrons. The summed E-state index contributed by atoms with van der Waals surface area (Å²) < 4.78 is 53.1. The predicted molar refractivity (Wildman–Crippen MR) is 412 cm³/mol. The van der Waals surface area contributed by atoms with Gasteiger partial charge in [-0.05, 0) is 165 Å². The first-order valence-corrected chi connectivity index (χ1v) is 33.8. The molecular formula is C93H90O3. The van der Waals surface area contributed by atoms with Crippen LogP contribution in [0.1, 0.15) is 143 Å². The third kappa shape index (κ3) is 12.5. The Bertz CT molecular complexity index is 5520. The molecule has 96 heavy (non-hydrogen) atoms. The molecule has 3 aromatic heterocycles. The van der Waals surface area contributed by atoms with Gasteiger partial charge in [0.2, 0.25) is 0 Å². The highest BCUT2D eigenvalue weighted by molar-refractivity contribution is 6.18. The average molecular weight is 1260 g/mol. The fourth-order valence-corrected chi connectivity index (χ4v) is 14.2. The number of fused-ring (bicyclic) bond motifs is 9. The van der Waals surface area contributed by atoms with E-state index < -0.39 is 0 Å². The van der Waals surface area contributed by atoms with Gasteiger partial charge >= 0.3 is 0 Å². The molecule has 15 aromatic rings. The molecule has 0 saturated heterocycles. The van der Waals surface area contributed by atoms with E-state index in [1.54, 1.807) is 6.92 Å². The molecule has 0 N–H and O–H groups in total. The maximum atomic E-state index is 8.78. The van der Waals surface area contributed by atoms with E-state index in [2.05, 4.69) is 292 Å². The Hall–Kier alpha value is -9.96. The van der Waals surface area contributed by atoms with Crippen molar-refractivity contribution in [2.24, 2.45) is 0 Å². The Kier molecular flexibility index (Phi) is 15.6. The number of furan rings is 3. The summed E-state index contributed by atoms with van der Waals surface area (Å²) in [6, 6.07) is 80.7. The second-order valence-electron chi connectivity index (χ2n) is 30.9. The van der Waals surface area contributed by atoms with Crippen molar-refractivity contribution in [3.05, 3.63) is 288 Å². The maximum absolute atomic E-state index is 8.78. The molecule has 3 heteroatoms. The van der Waals surface area contributed by atoms with Gasteiger partial charge in [-0.1, -0.05) is 328 Å². The Labute approximate surface area is 574 Å². The molecule has 0 atom stereocenters. The molecule has 0 aliphatic heterocycles. The van der Waals surface area contributed by atoms with Crippen LogP contribution in [-0.2, 0) is 27.1 Å². The van der Waals surface area contributed by atoms with Crippen molar-refractivity contribution in [2.75, 3.05) is 0 Å². The first-order valence-electron chi connectivity index (χ1n) is 35.8. The molecule has 3 heterocycles. The van der Waals surface area contributed by atoms with Crippen LogP contribution in [-0.4, -0.2) is 0 Å². The van der Waals surface area contributed by atoms with E-state index in [9.17, 15) is 0 Å². The van der Waals surface area contributed by atoms with E-state index in [0.29, 0.717) is 11.1 Å². The Morgan fingerprint density at radius 3 is 0.854 bits per heavy atom. The summed E-state index contributed by atoms with van der Waals surface area (Å²) in [6.45, 7) is 35.7. The molecule has 15 rings (SSSR count). The quantitative estimate of drug-likeness (QED) is 0.167. The van der Waals surface area contributed by atoms with Crippen molar-refractivity contribution in [2.45, 2.75) is 138 Å². The lowest BCUT2D eigenvalue weighted by molar-refractivity contribution is 0.568. The fraction of sp³-hybridized carbons (Fsp3) is 0.226. The van der Waals surface area contributed by atoms with Crippen molar-refractivity contribution < 1.29 is 18.7 Å². The second kappa shape index (κ2) is 25.0. The molecule has 3 nitrogen and oxygen atoms in total. The minimum Gasteiger partial charge on any atom is -0.456 e. The average Bonchev–Trinajstić information content (AvgIpc) is 1.52. The van der Waals surface area contributed by atoms with E-state index in [0.717, 1.165) is 66.5 Å². The Balaban J connectivity index is 0.000000135. The molecule has 0 aliphatic rings. The van der Waals surface area contributed by atoms with Crippen molar-refractivity contribution in [1.82, 2.24) is 0 Å². The van der Waals surface area contributed by atoms with Crippen LogP contribution in [0.15, 0.2) is 268 Å².